The third-order valence-corrected chi connectivity index (χ3v) is 6.30. The summed E-state index contributed by atoms with van der Waals surface area (Å²) in [5.74, 6) is 1.64. The van der Waals surface area contributed by atoms with Crippen LogP contribution < -0.4 is 16.1 Å². The third kappa shape index (κ3) is 4.43. The molecule has 3 heterocycles. The minimum atomic E-state index is -0.346. The van der Waals surface area contributed by atoms with Crippen molar-refractivity contribution in [3.05, 3.63) is 26.7 Å². The quantitative estimate of drug-likeness (QED) is 0.550. The van der Waals surface area contributed by atoms with E-state index in [1.807, 2.05) is 0 Å². The Balaban J connectivity index is 1.95. The number of likely N-dealkylation sites (tertiary alicyclic amines) is 1. The smallest absolute Gasteiger partial charge is 0.332 e. The summed E-state index contributed by atoms with van der Waals surface area (Å²) >= 11 is 1.63. The van der Waals surface area contributed by atoms with Gasteiger partial charge < -0.3 is 4.90 Å². The van der Waals surface area contributed by atoms with Crippen molar-refractivity contribution in [2.75, 3.05) is 25.4 Å². The molecular formula is C19H30N5O2S+. The molecule has 0 bridgehead atoms. The largest absolute Gasteiger partial charge is 0.334 e. The molecule has 1 fully saturated rings. The lowest BCUT2D eigenvalue weighted by Gasteiger charge is -2.23. The summed E-state index contributed by atoms with van der Waals surface area (Å²) in [5.41, 5.74) is -0.193. The van der Waals surface area contributed by atoms with E-state index >= 15 is 0 Å². The van der Waals surface area contributed by atoms with Gasteiger partial charge in [-0.2, -0.15) is 0 Å². The number of quaternary nitrogens is 1. The monoisotopic (exact) mass is 392 g/mol. The van der Waals surface area contributed by atoms with E-state index in [0.29, 0.717) is 11.0 Å². The van der Waals surface area contributed by atoms with E-state index in [1.165, 1.54) is 44.0 Å². The summed E-state index contributed by atoms with van der Waals surface area (Å²) in [6, 6.07) is 0. The lowest BCUT2D eigenvalue weighted by molar-refractivity contribution is -0.902. The van der Waals surface area contributed by atoms with Crippen LogP contribution in [-0.4, -0.2) is 44.5 Å². The van der Waals surface area contributed by atoms with Gasteiger partial charge in [0.15, 0.2) is 5.65 Å². The van der Waals surface area contributed by atoms with Crippen molar-refractivity contribution >= 4 is 22.8 Å². The van der Waals surface area contributed by atoms with E-state index in [-0.39, 0.29) is 11.2 Å². The zero-order valence-corrected chi connectivity index (χ0v) is 17.4. The predicted molar refractivity (Wildman–Crippen MR) is 109 cm³/mol. The Labute approximate surface area is 163 Å². The molecule has 0 spiro atoms. The zero-order valence-electron chi connectivity index (χ0n) is 16.6. The van der Waals surface area contributed by atoms with E-state index in [4.69, 9.17) is 4.98 Å². The van der Waals surface area contributed by atoms with Gasteiger partial charge in [-0.3, -0.25) is 13.9 Å². The number of thioether (sulfide) groups is 1. The molecule has 3 rings (SSSR count). The summed E-state index contributed by atoms with van der Waals surface area (Å²) in [5, 5.41) is 1.19. The second-order valence-electron chi connectivity index (χ2n) is 7.36. The normalized spacial score (nSPS) is 15.5. The van der Waals surface area contributed by atoms with Crippen LogP contribution in [0.5, 0.6) is 0 Å². The second-order valence-corrected chi connectivity index (χ2v) is 8.45. The second kappa shape index (κ2) is 9.01. The number of fused-ring (bicyclic) bond motifs is 1. The first kappa shape index (κ1) is 20.1. The van der Waals surface area contributed by atoms with Crippen molar-refractivity contribution in [2.24, 2.45) is 14.1 Å². The molecular weight excluding hydrogens is 362 g/mol. The number of unbranched alkanes of at least 4 members (excludes halogenated alkanes) is 1. The Hall–Kier alpha value is -1.67. The highest BCUT2D eigenvalue weighted by Gasteiger charge is 2.18. The Bertz CT molecular complexity index is 915. The van der Waals surface area contributed by atoms with Crippen molar-refractivity contribution in [3.8, 4) is 0 Å². The Kier molecular flexibility index (Phi) is 6.70. The molecule has 0 amide bonds. The molecule has 8 heteroatoms. The molecule has 0 unspecified atom stereocenters. The Morgan fingerprint density at radius 3 is 2.52 bits per heavy atom. The van der Waals surface area contributed by atoms with Crippen molar-refractivity contribution in [1.82, 2.24) is 19.1 Å². The predicted octanol–water partition coefficient (Wildman–Crippen LogP) is 0.531. The summed E-state index contributed by atoms with van der Waals surface area (Å²) in [6.07, 6.45) is 6.77. The number of aryl methyl sites for hydroxylation is 2. The first-order chi connectivity index (χ1) is 13.0. The standard InChI is InChI=1S/C19H29N5O2S/c1-4-5-9-14-20-16-15(18(25)23(3)19(26)22(16)2)17(21-14)27-13-12-24-10-7-6-8-11-24/h4-13H2,1-3H3/p+1. The van der Waals surface area contributed by atoms with Crippen molar-refractivity contribution < 1.29 is 4.90 Å². The lowest BCUT2D eigenvalue weighted by atomic mass is 10.1. The van der Waals surface area contributed by atoms with E-state index in [1.54, 1.807) is 23.7 Å². The van der Waals surface area contributed by atoms with Gasteiger partial charge in [0.05, 0.1) is 19.6 Å². The number of aromatic nitrogens is 4. The van der Waals surface area contributed by atoms with Crippen LogP contribution in [0.15, 0.2) is 14.6 Å². The fourth-order valence-corrected chi connectivity index (χ4v) is 4.69. The molecule has 27 heavy (non-hydrogen) atoms. The zero-order chi connectivity index (χ0) is 19.4. The molecule has 1 saturated heterocycles. The molecule has 2 aromatic heterocycles. The highest BCUT2D eigenvalue weighted by Crippen LogP contribution is 2.22. The average molecular weight is 393 g/mol. The van der Waals surface area contributed by atoms with Gasteiger partial charge in [-0.15, -0.1) is 0 Å². The molecule has 0 atom stereocenters. The average Bonchev–Trinajstić information content (AvgIpc) is 2.69. The summed E-state index contributed by atoms with van der Waals surface area (Å²) in [4.78, 5) is 36.0. The number of hydrogen-bond donors (Lipinski definition) is 1. The number of nitrogens with one attached hydrogen (secondary N) is 1. The molecule has 0 radical (unpaired) electrons. The van der Waals surface area contributed by atoms with Gasteiger partial charge in [0.2, 0.25) is 0 Å². The van der Waals surface area contributed by atoms with Gasteiger partial charge >= 0.3 is 5.69 Å². The van der Waals surface area contributed by atoms with Crippen LogP contribution in [0.25, 0.3) is 11.0 Å². The topological polar surface area (TPSA) is 74.2 Å². The van der Waals surface area contributed by atoms with Crippen LogP contribution in [0, 0.1) is 0 Å². The van der Waals surface area contributed by atoms with Gasteiger partial charge in [-0.05, 0) is 25.7 Å². The van der Waals surface area contributed by atoms with E-state index in [9.17, 15) is 9.59 Å². The van der Waals surface area contributed by atoms with Crippen molar-refractivity contribution in [3.63, 3.8) is 0 Å². The van der Waals surface area contributed by atoms with Crippen molar-refractivity contribution in [2.45, 2.75) is 50.5 Å². The van der Waals surface area contributed by atoms with Crippen LogP contribution >= 0.6 is 11.8 Å². The SMILES string of the molecule is CCCCc1nc(SCC[NH+]2CCCCC2)c2c(=O)n(C)c(=O)n(C)c2n1. The maximum atomic E-state index is 12.8. The number of hydrogen-bond acceptors (Lipinski definition) is 5. The Morgan fingerprint density at radius 1 is 1.07 bits per heavy atom. The number of nitrogens with zero attached hydrogens (tertiary/aromatic N) is 4. The number of rotatable bonds is 7. The molecule has 2 aromatic rings. The fraction of sp³-hybridized carbons (Fsp3) is 0.684. The highest BCUT2D eigenvalue weighted by molar-refractivity contribution is 7.99. The van der Waals surface area contributed by atoms with E-state index < -0.39 is 0 Å². The van der Waals surface area contributed by atoms with Crippen molar-refractivity contribution in [1.29, 1.82) is 0 Å². The summed E-state index contributed by atoms with van der Waals surface area (Å²) in [6.45, 7) is 5.68. The molecule has 0 aromatic carbocycles. The first-order valence-electron chi connectivity index (χ1n) is 9.96. The third-order valence-electron chi connectivity index (χ3n) is 5.32. The van der Waals surface area contributed by atoms with Gasteiger partial charge in [-0.25, -0.2) is 14.8 Å². The minimum Gasteiger partial charge on any atom is -0.334 e. The van der Waals surface area contributed by atoms with Gasteiger partial charge in [0.25, 0.3) is 5.56 Å². The van der Waals surface area contributed by atoms with E-state index in [0.717, 1.165) is 47.0 Å². The highest BCUT2D eigenvalue weighted by atomic mass is 32.2. The molecule has 1 N–H and O–H groups in total. The maximum absolute atomic E-state index is 12.8. The van der Waals surface area contributed by atoms with Crippen LogP contribution in [0.2, 0.25) is 0 Å². The van der Waals surface area contributed by atoms with Crippen LogP contribution in [0.1, 0.15) is 44.9 Å². The molecule has 1 aliphatic rings. The lowest BCUT2D eigenvalue weighted by Crippen LogP contribution is -3.13. The summed E-state index contributed by atoms with van der Waals surface area (Å²) < 4.78 is 2.62. The van der Waals surface area contributed by atoms with E-state index in [2.05, 4.69) is 11.9 Å². The van der Waals surface area contributed by atoms with Crippen LogP contribution in [0.3, 0.4) is 0 Å². The van der Waals surface area contributed by atoms with Crippen LogP contribution in [-0.2, 0) is 20.5 Å². The molecule has 0 saturated carbocycles. The maximum Gasteiger partial charge on any atom is 0.332 e. The first-order valence-corrected chi connectivity index (χ1v) is 10.9. The van der Waals surface area contributed by atoms with Gasteiger partial charge in [0, 0.05) is 26.3 Å². The molecule has 148 valence electrons. The van der Waals surface area contributed by atoms with Crippen LogP contribution in [0.4, 0.5) is 0 Å². The summed E-state index contributed by atoms with van der Waals surface area (Å²) in [7, 11) is 3.19. The fourth-order valence-electron chi connectivity index (χ4n) is 3.62. The number of piperidine rings is 1. The molecule has 7 nitrogen and oxygen atoms in total. The molecule has 1 aliphatic heterocycles. The Morgan fingerprint density at radius 2 is 1.81 bits per heavy atom. The molecule has 0 aliphatic carbocycles. The minimum absolute atomic E-state index is 0.303. The van der Waals surface area contributed by atoms with Gasteiger partial charge in [-0.1, -0.05) is 25.1 Å². The van der Waals surface area contributed by atoms with Gasteiger partial charge in [0.1, 0.15) is 16.2 Å².